The lowest BCUT2D eigenvalue weighted by Gasteiger charge is -2.38. The lowest BCUT2D eigenvalue weighted by atomic mass is 10.00. The monoisotopic (exact) mass is 448 g/mol. The summed E-state index contributed by atoms with van der Waals surface area (Å²) in [5.41, 5.74) is -1.05. The first-order valence-electron chi connectivity index (χ1n) is 9.50. The highest BCUT2D eigenvalue weighted by atomic mass is 16.7. The van der Waals surface area contributed by atoms with E-state index in [1.165, 1.54) is 13.0 Å². The number of hydrogen-bond acceptors (Lipinski definition) is 11. The average molecular weight is 448 g/mol. The van der Waals surface area contributed by atoms with E-state index < -0.39 is 59.1 Å². The van der Waals surface area contributed by atoms with Crippen LogP contribution in [0.4, 0.5) is 0 Å². The Morgan fingerprint density at radius 3 is 2.28 bits per heavy atom. The Morgan fingerprint density at radius 2 is 1.59 bits per heavy atom. The highest BCUT2D eigenvalue weighted by molar-refractivity contribution is 5.88. The maximum atomic E-state index is 13.2. The maximum absolute atomic E-state index is 13.2. The summed E-state index contributed by atoms with van der Waals surface area (Å²) in [6.45, 7) is 1.42. The lowest BCUT2D eigenvalue weighted by Crippen LogP contribution is -2.58. The van der Waals surface area contributed by atoms with E-state index in [9.17, 15) is 40.5 Å². The van der Waals surface area contributed by atoms with Gasteiger partial charge in [0.05, 0.1) is 6.10 Å². The van der Waals surface area contributed by atoms with Gasteiger partial charge in [-0.1, -0.05) is 0 Å². The van der Waals surface area contributed by atoms with Crippen molar-refractivity contribution in [2.24, 2.45) is 0 Å². The summed E-state index contributed by atoms with van der Waals surface area (Å²) < 4.78 is 16.6. The quantitative estimate of drug-likeness (QED) is 0.276. The van der Waals surface area contributed by atoms with Crippen LogP contribution in [-0.2, 0) is 4.74 Å². The lowest BCUT2D eigenvalue weighted by molar-refractivity contribution is -0.268. The fourth-order valence-electron chi connectivity index (χ4n) is 3.46. The van der Waals surface area contributed by atoms with Gasteiger partial charge in [-0.25, -0.2) is 0 Å². The van der Waals surface area contributed by atoms with Gasteiger partial charge in [0.2, 0.25) is 17.5 Å². The van der Waals surface area contributed by atoms with Crippen LogP contribution < -0.4 is 10.2 Å². The second kappa shape index (κ2) is 7.88. The topological polar surface area (TPSA) is 190 Å². The summed E-state index contributed by atoms with van der Waals surface area (Å²) in [6, 6.07) is 5.51. The molecule has 11 nitrogen and oxygen atoms in total. The van der Waals surface area contributed by atoms with Crippen molar-refractivity contribution < 1.29 is 49.6 Å². The molecule has 32 heavy (non-hydrogen) atoms. The summed E-state index contributed by atoms with van der Waals surface area (Å²) in [7, 11) is 0. The van der Waals surface area contributed by atoms with Gasteiger partial charge in [-0.05, 0) is 25.1 Å². The summed E-state index contributed by atoms with van der Waals surface area (Å²) in [5.74, 6) is -2.80. The number of ether oxygens (including phenoxy) is 2. The summed E-state index contributed by atoms with van der Waals surface area (Å²) in [6.07, 6.45) is -7.35. The van der Waals surface area contributed by atoms with E-state index in [0.29, 0.717) is 0 Å². The third-order valence-electron chi connectivity index (χ3n) is 5.20. The first-order valence-corrected chi connectivity index (χ1v) is 9.50. The zero-order valence-corrected chi connectivity index (χ0v) is 16.5. The molecular formula is C21H20O11. The van der Waals surface area contributed by atoms with Crippen LogP contribution in [0, 0.1) is 0 Å². The number of phenolic OH excluding ortho intramolecular Hbond substituents is 4. The smallest absolute Gasteiger partial charge is 0.239 e. The van der Waals surface area contributed by atoms with Crippen molar-refractivity contribution >= 4 is 11.0 Å². The number of rotatable bonds is 3. The van der Waals surface area contributed by atoms with E-state index in [0.717, 1.165) is 24.3 Å². The van der Waals surface area contributed by atoms with Crippen LogP contribution in [0.1, 0.15) is 6.92 Å². The average Bonchev–Trinajstić information content (AvgIpc) is 2.73. The number of phenols is 4. The van der Waals surface area contributed by atoms with Crippen LogP contribution in [0.5, 0.6) is 28.7 Å². The number of fused-ring (bicyclic) bond motifs is 1. The fourth-order valence-corrected chi connectivity index (χ4v) is 3.46. The first-order chi connectivity index (χ1) is 15.1. The van der Waals surface area contributed by atoms with E-state index in [-0.39, 0.29) is 28.0 Å². The van der Waals surface area contributed by atoms with Crippen LogP contribution in [-0.4, -0.2) is 66.5 Å². The van der Waals surface area contributed by atoms with Crippen LogP contribution in [0.2, 0.25) is 0 Å². The Hall–Kier alpha value is -3.51. The van der Waals surface area contributed by atoms with E-state index in [1.54, 1.807) is 0 Å². The molecule has 0 amide bonds. The van der Waals surface area contributed by atoms with Crippen LogP contribution >= 0.6 is 0 Å². The molecular weight excluding hydrogens is 428 g/mol. The van der Waals surface area contributed by atoms with E-state index in [1.807, 2.05) is 0 Å². The number of aliphatic hydroxyl groups excluding tert-OH is 3. The normalized spacial score (nSPS) is 25.7. The third-order valence-corrected chi connectivity index (χ3v) is 5.20. The summed E-state index contributed by atoms with van der Waals surface area (Å²) in [5, 5.41) is 69.2. The third kappa shape index (κ3) is 3.56. The number of aromatic hydroxyl groups is 4. The highest BCUT2D eigenvalue weighted by Crippen LogP contribution is 2.39. The van der Waals surface area contributed by atoms with Gasteiger partial charge in [-0.2, -0.15) is 0 Å². The Balaban J connectivity index is 1.92. The molecule has 0 saturated carbocycles. The van der Waals surface area contributed by atoms with E-state index in [4.69, 9.17) is 13.9 Å². The Labute approximate surface area is 179 Å². The molecule has 11 heteroatoms. The van der Waals surface area contributed by atoms with Crippen molar-refractivity contribution in [3.05, 3.63) is 40.6 Å². The molecule has 0 aliphatic carbocycles. The van der Waals surface area contributed by atoms with Gasteiger partial charge >= 0.3 is 0 Å². The minimum Gasteiger partial charge on any atom is -0.508 e. The predicted molar refractivity (Wildman–Crippen MR) is 108 cm³/mol. The van der Waals surface area contributed by atoms with Gasteiger partial charge < -0.3 is 49.6 Å². The molecule has 4 rings (SSSR count). The molecule has 1 aliphatic heterocycles. The largest absolute Gasteiger partial charge is 0.508 e. The maximum Gasteiger partial charge on any atom is 0.239 e. The zero-order chi connectivity index (χ0) is 23.3. The molecule has 1 aromatic heterocycles. The SMILES string of the molecule is C[C@@H]1O[C@@H](Oc2c(-c3ccc(O)c(O)c3)oc3cc(O)cc(O)c3c2=O)[C@H](O)C(O)[C@H]1O. The Bertz CT molecular complexity index is 1230. The molecule has 1 unspecified atom stereocenters. The van der Waals surface area contributed by atoms with Gasteiger partial charge in [0.1, 0.15) is 40.8 Å². The summed E-state index contributed by atoms with van der Waals surface area (Å²) >= 11 is 0. The minimum absolute atomic E-state index is 0.0658. The van der Waals surface area contributed by atoms with Crippen LogP contribution in [0.15, 0.2) is 39.5 Å². The molecule has 1 aliphatic rings. The van der Waals surface area contributed by atoms with Crippen LogP contribution in [0.3, 0.4) is 0 Å². The van der Waals surface area contributed by atoms with Crippen molar-refractivity contribution in [1.82, 2.24) is 0 Å². The Morgan fingerprint density at radius 1 is 0.875 bits per heavy atom. The Kier molecular flexibility index (Phi) is 5.34. The van der Waals surface area contributed by atoms with Crippen molar-refractivity contribution in [3.8, 4) is 40.1 Å². The van der Waals surface area contributed by atoms with Gasteiger partial charge in [-0.3, -0.25) is 4.79 Å². The molecule has 0 radical (unpaired) electrons. The van der Waals surface area contributed by atoms with Gasteiger partial charge in [0.15, 0.2) is 17.3 Å². The van der Waals surface area contributed by atoms with Crippen molar-refractivity contribution in [1.29, 1.82) is 0 Å². The molecule has 2 heterocycles. The number of aliphatic hydroxyl groups is 3. The van der Waals surface area contributed by atoms with E-state index in [2.05, 4.69) is 0 Å². The molecule has 1 fully saturated rings. The van der Waals surface area contributed by atoms with Crippen molar-refractivity contribution in [2.45, 2.75) is 37.6 Å². The zero-order valence-electron chi connectivity index (χ0n) is 16.5. The van der Waals surface area contributed by atoms with Crippen LogP contribution in [0.25, 0.3) is 22.3 Å². The second-order valence-corrected chi connectivity index (χ2v) is 7.43. The predicted octanol–water partition coefficient (Wildman–Crippen LogP) is 0.489. The van der Waals surface area contributed by atoms with Gasteiger partial charge in [0, 0.05) is 17.7 Å². The minimum atomic E-state index is -1.74. The number of benzene rings is 2. The molecule has 5 atom stereocenters. The highest BCUT2D eigenvalue weighted by Gasteiger charge is 2.44. The molecule has 170 valence electrons. The van der Waals surface area contributed by atoms with E-state index >= 15 is 0 Å². The molecule has 7 N–H and O–H groups in total. The molecule has 0 bridgehead atoms. The van der Waals surface area contributed by atoms with Gasteiger partial charge in [-0.15, -0.1) is 0 Å². The molecule has 1 saturated heterocycles. The first kappa shape index (κ1) is 21.7. The van der Waals surface area contributed by atoms with Crippen molar-refractivity contribution in [2.75, 3.05) is 0 Å². The van der Waals surface area contributed by atoms with Gasteiger partial charge in [0.25, 0.3) is 0 Å². The molecule has 3 aromatic rings. The fraction of sp³-hybridized carbons (Fsp3) is 0.286. The summed E-state index contributed by atoms with van der Waals surface area (Å²) in [4.78, 5) is 13.2. The molecule has 2 aromatic carbocycles. The standard InChI is InChI=1S/C21H20O11/c1-7-15(26)17(28)18(29)21(30-7)32-20-16(27)14-12(25)5-9(22)6-13(14)31-19(20)8-2-3-10(23)11(24)4-8/h2-7,15,17-18,21-26,28-29H,1H3/t7-,15-,17?,18+,21-/m0/s1. The number of hydrogen-bond donors (Lipinski definition) is 7. The molecule has 0 spiro atoms. The second-order valence-electron chi connectivity index (χ2n) is 7.43. The van der Waals surface area contributed by atoms with Crippen molar-refractivity contribution in [3.63, 3.8) is 0 Å².